The van der Waals surface area contributed by atoms with Crippen LogP contribution < -0.4 is 14.9 Å². The highest BCUT2D eigenvalue weighted by Gasteiger charge is 2.49. The first-order valence-corrected chi connectivity index (χ1v) is 10.6. The maximum absolute atomic E-state index is 13.6. The molecule has 12 heteroatoms. The van der Waals surface area contributed by atoms with Crippen LogP contribution in [0.1, 0.15) is 11.5 Å². The van der Waals surface area contributed by atoms with Gasteiger partial charge in [-0.15, -0.1) is 0 Å². The van der Waals surface area contributed by atoms with E-state index in [2.05, 4.69) is 0 Å². The van der Waals surface area contributed by atoms with Crippen LogP contribution in [-0.2, 0) is 14.3 Å². The largest absolute Gasteiger partial charge is 0.507 e. The Kier molecular flexibility index (Phi) is 4.70. The minimum absolute atomic E-state index is 0.0731. The van der Waals surface area contributed by atoms with E-state index in [0.29, 0.717) is 5.56 Å². The predicted molar refractivity (Wildman–Crippen MR) is 114 cm³/mol. The van der Waals surface area contributed by atoms with Gasteiger partial charge in [-0.2, -0.15) is 0 Å². The number of fused-ring (bicyclic) bond motifs is 6. The van der Waals surface area contributed by atoms with Crippen molar-refractivity contribution in [2.45, 2.75) is 42.9 Å². The van der Waals surface area contributed by atoms with Crippen LogP contribution in [0, 0.1) is 0 Å². The standard InChI is InChI=1S/C23H18O12/c24-8-2-1-3-9-13(8)15(25)14-11(34-23-18(28)16(26)17(27)20(35-23)21(29)30)6-10-12(19(14)32-9)7-4-5-31-22(7)33-10/h1-7,16-18,20,22-24,26-28H,(H,29,30). The van der Waals surface area contributed by atoms with Crippen LogP contribution in [0.5, 0.6) is 17.2 Å². The molecule has 3 aliphatic rings. The van der Waals surface area contributed by atoms with Gasteiger partial charge in [0.1, 0.15) is 57.5 Å². The lowest BCUT2D eigenvalue weighted by molar-refractivity contribution is -0.270. The van der Waals surface area contributed by atoms with Gasteiger partial charge in [0.2, 0.25) is 11.7 Å². The van der Waals surface area contributed by atoms with E-state index in [1.54, 1.807) is 6.08 Å². The summed E-state index contributed by atoms with van der Waals surface area (Å²) in [6, 6.07) is 5.66. The summed E-state index contributed by atoms with van der Waals surface area (Å²) in [5.41, 5.74) is 0.0112. The van der Waals surface area contributed by atoms with Gasteiger partial charge in [0.25, 0.3) is 6.29 Å². The lowest BCUT2D eigenvalue weighted by Crippen LogP contribution is -2.61. The quantitative estimate of drug-likeness (QED) is 0.319. The van der Waals surface area contributed by atoms with E-state index in [1.165, 1.54) is 30.5 Å². The number of ether oxygens (including phenoxy) is 4. The van der Waals surface area contributed by atoms with Gasteiger partial charge in [-0.1, -0.05) is 6.07 Å². The number of phenols is 1. The normalized spacial score (nSPS) is 31.1. The number of carbonyl (C=O) groups is 1. The van der Waals surface area contributed by atoms with Crippen LogP contribution in [0.15, 0.2) is 45.8 Å². The Labute approximate surface area is 194 Å². The third-order valence-electron chi connectivity index (χ3n) is 6.34. The van der Waals surface area contributed by atoms with Gasteiger partial charge < -0.3 is 48.9 Å². The molecule has 0 saturated carbocycles. The van der Waals surface area contributed by atoms with Crippen molar-refractivity contribution in [3.8, 4) is 17.2 Å². The summed E-state index contributed by atoms with van der Waals surface area (Å²) in [6.07, 6.45) is -6.91. The van der Waals surface area contributed by atoms with E-state index in [-0.39, 0.29) is 39.2 Å². The first kappa shape index (κ1) is 21.7. The average molecular weight is 486 g/mol. The average Bonchev–Trinajstić information content (AvgIpc) is 3.40. The smallest absolute Gasteiger partial charge is 0.335 e. The highest BCUT2D eigenvalue weighted by atomic mass is 16.7. The van der Waals surface area contributed by atoms with Crippen molar-refractivity contribution in [3.63, 3.8) is 0 Å². The fourth-order valence-corrected chi connectivity index (χ4v) is 4.64. The van der Waals surface area contributed by atoms with Crippen LogP contribution in [0.4, 0.5) is 0 Å². The van der Waals surface area contributed by atoms with Gasteiger partial charge in [-0.25, -0.2) is 4.79 Å². The molecule has 12 nitrogen and oxygen atoms in total. The predicted octanol–water partition coefficient (Wildman–Crippen LogP) is 0.269. The van der Waals surface area contributed by atoms with Crippen molar-refractivity contribution < 1.29 is 53.7 Å². The number of hydrogen-bond acceptors (Lipinski definition) is 11. The molecular weight excluding hydrogens is 468 g/mol. The molecule has 7 unspecified atom stereocenters. The number of hydrogen-bond donors (Lipinski definition) is 5. The minimum Gasteiger partial charge on any atom is -0.507 e. The van der Waals surface area contributed by atoms with E-state index >= 15 is 0 Å². The molecule has 7 atom stereocenters. The molecule has 1 aromatic heterocycles. The third-order valence-corrected chi connectivity index (χ3v) is 6.34. The summed E-state index contributed by atoms with van der Waals surface area (Å²) < 4.78 is 28.2. The monoisotopic (exact) mass is 486 g/mol. The second-order valence-electron chi connectivity index (χ2n) is 8.40. The number of phenolic OH excluding ortho intramolecular Hbond substituents is 1. The third kappa shape index (κ3) is 3.08. The Hall–Kier alpha value is -3.84. The number of rotatable bonds is 3. The number of carboxylic acids is 1. The van der Waals surface area contributed by atoms with Crippen LogP contribution >= 0.6 is 0 Å². The van der Waals surface area contributed by atoms with Crippen molar-refractivity contribution in [1.82, 2.24) is 0 Å². The Morgan fingerprint density at radius 1 is 1.06 bits per heavy atom. The highest BCUT2D eigenvalue weighted by Crippen LogP contribution is 2.49. The zero-order valence-corrected chi connectivity index (χ0v) is 17.6. The summed E-state index contributed by atoms with van der Waals surface area (Å²) in [6.45, 7) is 0. The number of aromatic hydroxyl groups is 1. The molecular formula is C23H18O12. The number of carboxylic acid groups (broad SMARTS) is 1. The Morgan fingerprint density at radius 2 is 1.86 bits per heavy atom. The highest BCUT2D eigenvalue weighted by molar-refractivity contribution is 5.98. The molecule has 5 N–H and O–H groups in total. The molecule has 6 rings (SSSR count). The second kappa shape index (κ2) is 7.58. The molecule has 3 aliphatic heterocycles. The molecule has 0 spiro atoms. The summed E-state index contributed by atoms with van der Waals surface area (Å²) >= 11 is 0. The molecule has 35 heavy (non-hydrogen) atoms. The summed E-state index contributed by atoms with van der Waals surface area (Å²) in [5.74, 6) is -2.30. The van der Waals surface area contributed by atoms with Crippen LogP contribution in [0.2, 0.25) is 0 Å². The molecule has 0 bridgehead atoms. The molecule has 2 aromatic carbocycles. The minimum atomic E-state index is -1.92. The fraction of sp³-hybridized carbons (Fsp3) is 0.304. The first-order valence-electron chi connectivity index (χ1n) is 10.6. The van der Waals surface area contributed by atoms with E-state index in [0.717, 1.165) is 0 Å². The van der Waals surface area contributed by atoms with Gasteiger partial charge in [-0.3, -0.25) is 4.79 Å². The number of aliphatic hydroxyl groups is 3. The van der Waals surface area contributed by atoms with Crippen molar-refractivity contribution in [3.05, 3.63) is 52.4 Å². The van der Waals surface area contributed by atoms with Crippen LogP contribution in [0.3, 0.4) is 0 Å². The number of aliphatic hydroxyl groups excluding tert-OH is 3. The molecule has 0 amide bonds. The van der Waals surface area contributed by atoms with Gasteiger partial charge in [0, 0.05) is 6.07 Å². The maximum Gasteiger partial charge on any atom is 0.335 e. The summed E-state index contributed by atoms with van der Waals surface area (Å²) in [7, 11) is 0. The van der Waals surface area contributed by atoms with Gasteiger partial charge in [0.05, 0.1) is 17.7 Å². The van der Waals surface area contributed by atoms with Gasteiger partial charge in [-0.05, 0) is 18.2 Å². The summed E-state index contributed by atoms with van der Waals surface area (Å²) in [5, 5.41) is 49.9. The maximum atomic E-state index is 13.6. The van der Waals surface area contributed by atoms with E-state index < -0.39 is 54.3 Å². The first-order chi connectivity index (χ1) is 16.8. The molecule has 1 saturated heterocycles. The van der Waals surface area contributed by atoms with Crippen LogP contribution in [-0.4, -0.2) is 68.5 Å². The van der Waals surface area contributed by atoms with E-state index in [1.807, 2.05) is 0 Å². The molecule has 1 fully saturated rings. The van der Waals surface area contributed by atoms with Gasteiger partial charge >= 0.3 is 5.97 Å². The van der Waals surface area contributed by atoms with Crippen molar-refractivity contribution >= 4 is 27.9 Å². The Balaban J connectivity index is 1.56. The lowest BCUT2D eigenvalue weighted by Gasteiger charge is -2.38. The zero-order chi connectivity index (χ0) is 24.6. The second-order valence-corrected chi connectivity index (χ2v) is 8.40. The topological polar surface area (TPSA) is 185 Å². The number of aliphatic carboxylic acids is 1. The van der Waals surface area contributed by atoms with Crippen molar-refractivity contribution in [2.24, 2.45) is 0 Å². The van der Waals surface area contributed by atoms with Crippen LogP contribution in [0.25, 0.3) is 21.9 Å². The summed E-state index contributed by atoms with van der Waals surface area (Å²) in [4.78, 5) is 25.0. The van der Waals surface area contributed by atoms with Gasteiger partial charge in [0.15, 0.2) is 6.10 Å². The van der Waals surface area contributed by atoms with E-state index in [4.69, 9.17) is 23.4 Å². The van der Waals surface area contributed by atoms with Crippen molar-refractivity contribution in [2.75, 3.05) is 0 Å². The SMILES string of the molecule is O=C(O)C1OC(Oc2cc3c(c4oc5cccc(O)c5c(=O)c24)C2C=COC2O3)C(O)C(O)C1O. The Bertz CT molecular complexity index is 1460. The fourth-order valence-electron chi connectivity index (χ4n) is 4.64. The molecule has 0 radical (unpaired) electrons. The molecule has 182 valence electrons. The molecule has 3 aromatic rings. The molecule has 0 aliphatic carbocycles. The molecule has 4 heterocycles. The van der Waals surface area contributed by atoms with Crippen molar-refractivity contribution in [1.29, 1.82) is 0 Å². The zero-order valence-electron chi connectivity index (χ0n) is 17.6. The van der Waals surface area contributed by atoms with E-state index in [9.17, 15) is 35.1 Å². The Morgan fingerprint density at radius 3 is 2.63 bits per heavy atom. The number of benzene rings is 2. The lowest BCUT2D eigenvalue weighted by atomic mass is 9.96.